The highest BCUT2D eigenvalue weighted by atomic mass is 35.5. The number of halogens is 2. The summed E-state index contributed by atoms with van der Waals surface area (Å²) in [5.41, 5.74) is 2.85. The molecule has 2 aromatic carbocycles. The molecule has 5 heteroatoms. The molecule has 0 saturated carbocycles. The molecule has 0 aromatic heterocycles. The Balaban J connectivity index is 1.59. The zero-order valence-electron chi connectivity index (χ0n) is 13.6. The number of hydrogen-bond acceptors (Lipinski definition) is 2. The first-order valence-electron chi connectivity index (χ1n) is 8.10. The molecule has 1 heterocycles. The molecule has 1 aliphatic rings. The van der Waals surface area contributed by atoms with Gasteiger partial charge >= 0.3 is 0 Å². The lowest BCUT2D eigenvalue weighted by atomic mass is 10.1. The Kier molecular flexibility index (Phi) is 5.32. The fourth-order valence-corrected chi connectivity index (χ4v) is 3.29. The zero-order chi connectivity index (χ0) is 17.1. The van der Waals surface area contributed by atoms with Crippen molar-refractivity contribution in [1.29, 1.82) is 0 Å². The highest BCUT2D eigenvalue weighted by Crippen LogP contribution is 2.25. The van der Waals surface area contributed by atoms with Gasteiger partial charge in [-0.05, 0) is 54.3 Å². The normalized spacial score (nSPS) is 17.1. The van der Waals surface area contributed by atoms with Gasteiger partial charge in [0.1, 0.15) is 0 Å². The van der Waals surface area contributed by atoms with Gasteiger partial charge in [-0.3, -0.25) is 4.79 Å². The van der Waals surface area contributed by atoms with E-state index in [1.165, 1.54) is 12.1 Å². The minimum atomic E-state index is -0.0732. The first kappa shape index (κ1) is 17.1. The van der Waals surface area contributed by atoms with Gasteiger partial charge in [-0.1, -0.05) is 36.2 Å². The molecule has 1 saturated heterocycles. The van der Waals surface area contributed by atoms with Gasteiger partial charge < -0.3 is 10.2 Å². The molecule has 2 aromatic rings. The molecular formula is C19H20Cl2N2O. The Bertz CT molecular complexity index is 731. The Hall–Kier alpha value is -1.71. The Morgan fingerprint density at radius 1 is 1.17 bits per heavy atom. The van der Waals surface area contributed by atoms with Gasteiger partial charge in [0.15, 0.2) is 0 Å². The van der Waals surface area contributed by atoms with E-state index < -0.39 is 0 Å². The van der Waals surface area contributed by atoms with Gasteiger partial charge in [-0.2, -0.15) is 0 Å². The third kappa shape index (κ3) is 4.22. The molecule has 1 unspecified atom stereocenters. The number of amides is 1. The van der Waals surface area contributed by atoms with Crippen molar-refractivity contribution < 1.29 is 4.79 Å². The first-order chi connectivity index (χ1) is 11.5. The van der Waals surface area contributed by atoms with Gasteiger partial charge in [-0.15, -0.1) is 0 Å². The van der Waals surface area contributed by atoms with Crippen LogP contribution in [0.5, 0.6) is 0 Å². The van der Waals surface area contributed by atoms with Crippen molar-refractivity contribution in [2.75, 3.05) is 23.3 Å². The van der Waals surface area contributed by atoms with Crippen molar-refractivity contribution in [3.8, 4) is 0 Å². The largest absolute Gasteiger partial charge is 0.371 e. The molecule has 0 bridgehead atoms. The third-order valence-corrected chi connectivity index (χ3v) is 5.03. The molecule has 24 heavy (non-hydrogen) atoms. The maximum absolute atomic E-state index is 12.2. The van der Waals surface area contributed by atoms with Crippen LogP contribution in [0, 0.1) is 5.92 Å². The SMILES string of the molecule is CC1CCN(c2ccc(NC(=O)Cc3ccc(Cl)c(Cl)c3)cc2)C1. The predicted octanol–water partition coefficient (Wildman–Crippen LogP) is 5.02. The van der Waals surface area contributed by atoms with Crippen molar-refractivity contribution >= 4 is 40.5 Å². The summed E-state index contributed by atoms with van der Waals surface area (Å²) in [6, 6.07) is 13.3. The van der Waals surface area contributed by atoms with Crippen molar-refractivity contribution in [2.45, 2.75) is 19.8 Å². The molecule has 0 spiro atoms. The van der Waals surface area contributed by atoms with Crippen LogP contribution in [0.1, 0.15) is 18.9 Å². The Labute approximate surface area is 152 Å². The second-order valence-electron chi connectivity index (χ2n) is 6.36. The van der Waals surface area contributed by atoms with Gasteiger partial charge in [0.25, 0.3) is 0 Å². The number of carbonyl (C=O) groups is 1. The molecule has 0 radical (unpaired) electrons. The highest BCUT2D eigenvalue weighted by molar-refractivity contribution is 6.42. The van der Waals surface area contributed by atoms with Crippen LogP contribution < -0.4 is 10.2 Å². The standard InChI is InChI=1S/C19H20Cl2N2O/c1-13-8-9-23(12-13)16-5-3-15(4-6-16)22-19(24)11-14-2-7-17(20)18(21)10-14/h2-7,10,13H,8-9,11-12H2,1H3,(H,22,24). The van der Waals surface area contributed by atoms with Crippen LogP contribution in [-0.4, -0.2) is 19.0 Å². The quantitative estimate of drug-likeness (QED) is 0.827. The molecule has 3 nitrogen and oxygen atoms in total. The zero-order valence-corrected chi connectivity index (χ0v) is 15.1. The summed E-state index contributed by atoms with van der Waals surface area (Å²) >= 11 is 11.9. The van der Waals surface area contributed by atoms with Crippen LogP contribution in [0.2, 0.25) is 10.0 Å². The molecule has 3 rings (SSSR count). The minimum absolute atomic E-state index is 0.0732. The highest BCUT2D eigenvalue weighted by Gasteiger charge is 2.18. The van der Waals surface area contributed by atoms with Gasteiger partial charge in [0, 0.05) is 24.5 Å². The lowest BCUT2D eigenvalue weighted by molar-refractivity contribution is -0.115. The topological polar surface area (TPSA) is 32.3 Å². The molecule has 1 aliphatic heterocycles. The Morgan fingerprint density at radius 2 is 1.92 bits per heavy atom. The number of benzene rings is 2. The van der Waals surface area contributed by atoms with Crippen molar-refractivity contribution in [2.24, 2.45) is 5.92 Å². The fraction of sp³-hybridized carbons (Fsp3) is 0.316. The average molecular weight is 363 g/mol. The van der Waals surface area contributed by atoms with E-state index in [1.807, 2.05) is 18.2 Å². The van der Waals surface area contributed by atoms with Crippen molar-refractivity contribution in [1.82, 2.24) is 0 Å². The number of nitrogens with one attached hydrogen (secondary N) is 1. The smallest absolute Gasteiger partial charge is 0.228 e. The summed E-state index contributed by atoms with van der Waals surface area (Å²) in [6.07, 6.45) is 1.50. The van der Waals surface area contributed by atoms with Crippen LogP contribution in [0.4, 0.5) is 11.4 Å². The second kappa shape index (κ2) is 7.45. The molecule has 1 atom stereocenters. The van der Waals surface area contributed by atoms with Crippen LogP contribution in [0.15, 0.2) is 42.5 Å². The van der Waals surface area contributed by atoms with Crippen molar-refractivity contribution in [3.63, 3.8) is 0 Å². The molecular weight excluding hydrogens is 343 g/mol. The molecule has 1 fully saturated rings. The summed E-state index contributed by atoms with van der Waals surface area (Å²) in [5.74, 6) is 0.673. The maximum atomic E-state index is 12.2. The lowest BCUT2D eigenvalue weighted by Gasteiger charge is -2.18. The first-order valence-corrected chi connectivity index (χ1v) is 8.85. The fourth-order valence-electron chi connectivity index (χ4n) is 2.97. The van der Waals surface area contributed by atoms with E-state index in [4.69, 9.17) is 23.2 Å². The average Bonchev–Trinajstić information content (AvgIpc) is 2.98. The third-order valence-electron chi connectivity index (χ3n) is 4.29. The van der Waals surface area contributed by atoms with Crippen LogP contribution >= 0.6 is 23.2 Å². The van der Waals surface area contributed by atoms with Crippen molar-refractivity contribution in [3.05, 3.63) is 58.1 Å². The Morgan fingerprint density at radius 3 is 2.54 bits per heavy atom. The summed E-state index contributed by atoms with van der Waals surface area (Å²) in [4.78, 5) is 14.5. The maximum Gasteiger partial charge on any atom is 0.228 e. The van der Waals surface area contributed by atoms with E-state index in [1.54, 1.807) is 12.1 Å². The summed E-state index contributed by atoms with van der Waals surface area (Å²) in [7, 11) is 0. The number of nitrogens with zero attached hydrogens (tertiary/aromatic N) is 1. The van der Waals surface area contributed by atoms with Crippen LogP contribution in [0.25, 0.3) is 0 Å². The van der Waals surface area contributed by atoms with Crippen LogP contribution in [0.3, 0.4) is 0 Å². The molecule has 126 valence electrons. The summed E-state index contributed by atoms with van der Waals surface area (Å²) in [5, 5.41) is 3.87. The van der Waals surface area contributed by atoms with E-state index in [-0.39, 0.29) is 12.3 Å². The van der Waals surface area contributed by atoms with Gasteiger partial charge in [-0.25, -0.2) is 0 Å². The van der Waals surface area contributed by atoms with E-state index in [9.17, 15) is 4.79 Å². The monoisotopic (exact) mass is 362 g/mol. The molecule has 1 N–H and O–H groups in total. The lowest BCUT2D eigenvalue weighted by Crippen LogP contribution is -2.19. The number of rotatable bonds is 4. The summed E-state index contributed by atoms with van der Waals surface area (Å²) < 4.78 is 0. The molecule has 0 aliphatic carbocycles. The number of carbonyl (C=O) groups excluding carboxylic acids is 1. The minimum Gasteiger partial charge on any atom is -0.371 e. The van der Waals surface area contributed by atoms with Gasteiger partial charge in [0.05, 0.1) is 16.5 Å². The number of anilines is 2. The van der Waals surface area contributed by atoms with E-state index in [0.717, 1.165) is 30.3 Å². The van der Waals surface area contributed by atoms with E-state index in [0.29, 0.717) is 10.0 Å². The second-order valence-corrected chi connectivity index (χ2v) is 7.17. The van der Waals surface area contributed by atoms with Crippen LogP contribution in [-0.2, 0) is 11.2 Å². The van der Waals surface area contributed by atoms with E-state index >= 15 is 0 Å². The van der Waals surface area contributed by atoms with E-state index in [2.05, 4.69) is 29.3 Å². The number of hydrogen-bond donors (Lipinski definition) is 1. The predicted molar refractivity (Wildman–Crippen MR) is 101 cm³/mol. The van der Waals surface area contributed by atoms with Gasteiger partial charge in [0.2, 0.25) is 5.91 Å². The molecule has 1 amide bonds. The summed E-state index contributed by atoms with van der Waals surface area (Å²) in [6.45, 7) is 4.48.